The molecular weight excluding hydrogens is 428 g/mol. The molecule has 2 aromatic rings. The number of amides is 2. The molecule has 1 aliphatic rings. The van der Waals surface area contributed by atoms with Crippen LogP contribution in [-0.2, 0) is 21.4 Å². The smallest absolute Gasteiger partial charge is 0.227 e. The van der Waals surface area contributed by atoms with Crippen LogP contribution >= 0.6 is 0 Å². The summed E-state index contributed by atoms with van der Waals surface area (Å²) in [5, 5.41) is 3.12. The quantitative estimate of drug-likeness (QED) is 0.553. The molecule has 1 aliphatic heterocycles. The largest absolute Gasteiger partial charge is 0.496 e. The summed E-state index contributed by atoms with van der Waals surface area (Å²) < 4.78 is 11.1. The molecule has 0 saturated carbocycles. The van der Waals surface area contributed by atoms with E-state index in [0.29, 0.717) is 39.0 Å². The van der Waals surface area contributed by atoms with Crippen molar-refractivity contribution < 1.29 is 19.1 Å². The molecule has 1 heterocycles. The van der Waals surface area contributed by atoms with Crippen LogP contribution in [0.25, 0.3) is 0 Å². The Balaban J connectivity index is 1.32. The van der Waals surface area contributed by atoms with Crippen molar-refractivity contribution in [2.75, 3.05) is 26.8 Å². The molecule has 0 aromatic heterocycles. The first kappa shape index (κ1) is 25.6. The minimum absolute atomic E-state index is 0.0467. The van der Waals surface area contributed by atoms with E-state index in [1.807, 2.05) is 41.3 Å². The van der Waals surface area contributed by atoms with Crippen LogP contribution in [0.1, 0.15) is 57.6 Å². The van der Waals surface area contributed by atoms with Crippen LogP contribution in [0.2, 0.25) is 0 Å². The second-order valence-corrected chi connectivity index (χ2v) is 9.94. The Bertz CT molecular complexity index is 942. The van der Waals surface area contributed by atoms with Gasteiger partial charge in [-0.25, -0.2) is 0 Å². The molecule has 1 N–H and O–H groups in total. The highest BCUT2D eigenvalue weighted by atomic mass is 16.5. The first-order valence-corrected chi connectivity index (χ1v) is 12.2. The Morgan fingerprint density at radius 2 is 1.71 bits per heavy atom. The van der Waals surface area contributed by atoms with Crippen molar-refractivity contribution in [3.63, 3.8) is 0 Å². The van der Waals surface area contributed by atoms with Gasteiger partial charge in [-0.2, -0.15) is 0 Å². The van der Waals surface area contributed by atoms with E-state index in [0.717, 1.165) is 29.9 Å². The third kappa shape index (κ3) is 7.51. The summed E-state index contributed by atoms with van der Waals surface area (Å²) >= 11 is 0. The molecule has 0 aliphatic carbocycles. The van der Waals surface area contributed by atoms with E-state index < -0.39 is 0 Å². The van der Waals surface area contributed by atoms with Crippen LogP contribution in [0.3, 0.4) is 0 Å². The van der Waals surface area contributed by atoms with Crippen LogP contribution in [-0.4, -0.2) is 49.6 Å². The van der Waals surface area contributed by atoms with E-state index in [-0.39, 0.29) is 23.3 Å². The minimum Gasteiger partial charge on any atom is -0.496 e. The SMILES string of the molecule is COc1ccccc1CC(=O)N1CCC(NC(=O)CCCOc2ccc(C(C)(C)C)cc2)CC1. The number of nitrogens with zero attached hydrogens (tertiary/aromatic N) is 1. The fourth-order valence-corrected chi connectivity index (χ4v) is 4.17. The summed E-state index contributed by atoms with van der Waals surface area (Å²) in [5.41, 5.74) is 2.29. The van der Waals surface area contributed by atoms with E-state index >= 15 is 0 Å². The van der Waals surface area contributed by atoms with Gasteiger partial charge in [-0.15, -0.1) is 0 Å². The van der Waals surface area contributed by atoms with Crippen molar-refractivity contribution >= 4 is 11.8 Å². The van der Waals surface area contributed by atoms with Crippen molar-refractivity contribution in [3.8, 4) is 11.5 Å². The third-order valence-corrected chi connectivity index (χ3v) is 6.28. The molecule has 0 atom stereocenters. The molecule has 6 heteroatoms. The Morgan fingerprint density at radius 3 is 2.35 bits per heavy atom. The number of benzene rings is 2. The highest BCUT2D eigenvalue weighted by Gasteiger charge is 2.24. The lowest BCUT2D eigenvalue weighted by molar-refractivity contribution is -0.131. The molecule has 6 nitrogen and oxygen atoms in total. The molecule has 2 aromatic carbocycles. The molecule has 1 fully saturated rings. The van der Waals surface area contributed by atoms with Crippen LogP contribution in [0.15, 0.2) is 48.5 Å². The summed E-state index contributed by atoms with van der Waals surface area (Å²) in [5.74, 6) is 1.72. The second-order valence-electron chi connectivity index (χ2n) is 9.94. The molecule has 184 valence electrons. The molecule has 0 bridgehead atoms. The Hall–Kier alpha value is -3.02. The Kier molecular flexibility index (Phi) is 8.97. The first-order chi connectivity index (χ1) is 16.3. The van der Waals surface area contributed by atoms with Crippen LogP contribution in [0.5, 0.6) is 11.5 Å². The van der Waals surface area contributed by atoms with Gasteiger partial charge < -0.3 is 19.7 Å². The summed E-state index contributed by atoms with van der Waals surface area (Å²) in [7, 11) is 1.62. The molecule has 2 amide bonds. The zero-order valence-electron chi connectivity index (χ0n) is 20.9. The number of hydrogen-bond acceptors (Lipinski definition) is 4. The van der Waals surface area contributed by atoms with Crippen molar-refractivity contribution in [1.82, 2.24) is 10.2 Å². The number of ether oxygens (including phenoxy) is 2. The molecule has 1 saturated heterocycles. The molecular formula is C28H38N2O4. The number of likely N-dealkylation sites (tertiary alicyclic amines) is 1. The lowest BCUT2D eigenvalue weighted by Crippen LogP contribution is -2.47. The van der Waals surface area contributed by atoms with Crippen molar-refractivity contribution in [2.24, 2.45) is 0 Å². The first-order valence-electron chi connectivity index (χ1n) is 12.2. The normalized spacial score (nSPS) is 14.5. The number of para-hydroxylation sites is 1. The van der Waals surface area contributed by atoms with Gasteiger partial charge in [0.25, 0.3) is 0 Å². The highest BCUT2D eigenvalue weighted by Crippen LogP contribution is 2.24. The molecule has 0 unspecified atom stereocenters. The topological polar surface area (TPSA) is 67.9 Å². The fraction of sp³-hybridized carbons (Fsp3) is 0.500. The van der Waals surface area contributed by atoms with E-state index in [2.05, 4.69) is 38.2 Å². The zero-order valence-corrected chi connectivity index (χ0v) is 20.9. The van der Waals surface area contributed by atoms with E-state index in [9.17, 15) is 9.59 Å². The molecule has 0 spiro atoms. The maximum atomic E-state index is 12.7. The zero-order chi connectivity index (χ0) is 24.6. The maximum absolute atomic E-state index is 12.7. The molecule has 34 heavy (non-hydrogen) atoms. The van der Waals surface area contributed by atoms with Crippen molar-refractivity contribution in [1.29, 1.82) is 0 Å². The summed E-state index contributed by atoms with van der Waals surface area (Å²) in [6, 6.07) is 15.9. The van der Waals surface area contributed by atoms with E-state index in [1.54, 1.807) is 7.11 Å². The monoisotopic (exact) mass is 466 g/mol. The summed E-state index contributed by atoms with van der Waals surface area (Å²) in [4.78, 5) is 26.9. The van der Waals surface area contributed by atoms with Gasteiger partial charge in [0.2, 0.25) is 11.8 Å². The average molecular weight is 467 g/mol. The lowest BCUT2D eigenvalue weighted by atomic mass is 9.87. The number of nitrogens with one attached hydrogen (secondary N) is 1. The van der Waals surface area contributed by atoms with Crippen molar-refractivity contribution in [2.45, 2.75) is 64.3 Å². The summed E-state index contributed by atoms with van der Waals surface area (Å²) in [6.45, 7) is 8.39. The molecule has 3 rings (SSSR count). The van der Waals surface area contributed by atoms with Crippen LogP contribution in [0, 0.1) is 0 Å². The number of carbonyl (C=O) groups is 2. The predicted octanol–water partition coefficient (Wildman–Crippen LogP) is 4.50. The number of hydrogen-bond donors (Lipinski definition) is 1. The Morgan fingerprint density at radius 1 is 1.03 bits per heavy atom. The van der Waals surface area contributed by atoms with Gasteiger partial charge in [0.15, 0.2) is 0 Å². The predicted molar refractivity (Wildman–Crippen MR) is 134 cm³/mol. The number of methoxy groups -OCH3 is 1. The second kappa shape index (κ2) is 11.9. The minimum atomic E-state index is 0.0467. The number of rotatable bonds is 9. The van der Waals surface area contributed by atoms with Crippen LogP contribution < -0.4 is 14.8 Å². The Labute approximate surface area is 203 Å². The number of carbonyl (C=O) groups excluding carboxylic acids is 2. The van der Waals surface area contributed by atoms with Gasteiger partial charge in [-0.05, 0) is 48.4 Å². The maximum Gasteiger partial charge on any atom is 0.227 e. The fourth-order valence-electron chi connectivity index (χ4n) is 4.17. The van der Waals surface area contributed by atoms with Gasteiger partial charge >= 0.3 is 0 Å². The van der Waals surface area contributed by atoms with Gasteiger partial charge in [0.05, 0.1) is 20.1 Å². The van der Waals surface area contributed by atoms with Gasteiger partial charge in [0, 0.05) is 31.1 Å². The van der Waals surface area contributed by atoms with E-state index in [4.69, 9.17) is 9.47 Å². The van der Waals surface area contributed by atoms with Gasteiger partial charge in [0.1, 0.15) is 11.5 Å². The van der Waals surface area contributed by atoms with Gasteiger partial charge in [-0.1, -0.05) is 51.1 Å². The van der Waals surface area contributed by atoms with Crippen LogP contribution in [0.4, 0.5) is 0 Å². The average Bonchev–Trinajstić information content (AvgIpc) is 2.82. The summed E-state index contributed by atoms with van der Waals surface area (Å²) in [6.07, 6.45) is 3.00. The highest BCUT2D eigenvalue weighted by molar-refractivity contribution is 5.80. The van der Waals surface area contributed by atoms with Crippen molar-refractivity contribution in [3.05, 3.63) is 59.7 Å². The standard InChI is InChI=1S/C28H38N2O4/c1-28(2,3)22-11-13-24(14-12-22)34-19-7-10-26(31)29-23-15-17-30(18-16-23)27(32)20-21-8-5-6-9-25(21)33-4/h5-6,8-9,11-14,23H,7,10,15-20H2,1-4H3,(H,29,31). The van der Waals surface area contributed by atoms with Gasteiger partial charge in [-0.3, -0.25) is 9.59 Å². The number of piperidine rings is 1. The molecule has 0 radical (unpaired) electrons. The third-order valence-electron chi connectivity index (χ3n) is 6.28. The van der Waals surface area contributed by atoms with E-state index in [1.165, 1.54) is 5.56 Å². The lowest BCUT2D eigenvalue weighted by Gasteiger charge is -2.32.